The summed E-state index contributed by atoms with van der Waals surface area (Å²) in [7, 11) is 2.01. The minimum atomic E-state index is 0.338. The lowest BCUT2D eigenvalue weighted by molar-refractivity contribution is 0.220. The number of thiophene rings is 1. The first-order valence-electron chi connectivity index (χ1n) is 5.34. The topological polar surface area (TPSA) is 21.3 Å². The Balaban J connectivity index is 2.24. The second-order valence-electron chi connectivity index (χ2n) is 3.86. The van der Waals surface area contributed by atoms with Crippen LogP contribution in [0.1, 0.15) is 29.3 Å². The highest BCUT2D eigenvalue weighted by molar-refractivity contribution is 7.10. The van der Waals surface area contributed by atoms with Crippen molar-refractivity contribution in [1.82, 2.24) is 5.32 Å². The zero-order valence-electron chi connectivity index (χ0n) is 9.25. The molecule has 0 saturated carbocycles. The van der Waals surface area contributed by atoms with Gasteiger partial charge >= 0.3 is 0 Å². The third-order valence-electron chi connectivity index (χ3n) is 2.79. The Morgan fingerprint density at radius 2 is 2.40 bits per heavy atom. The molecule has 1 N–H and O–H groups in total. The van der Waals surface area contributed by atoms with Crippen LogP contribution in [-0.2, 0) is 4.74 Å². The lowest BCUT2D eigenvalue weighted by Crippen LogP contribution is -2.20. The van der Waals surface area contributed by atoms with Gasteiger partial charge in [0.2, 0.25) is 0 Å². The van der Waals surface area contributed by atoms with E-state index >= 15 is 0 Å². The van der Waals surface area contributed by atoms with Crippen molar-refractivity contribution in [3.8, 4) is 0 Å². The Kier molecular flexibility index (Phi) is 3.44. The standard InChI is InChI=1S/C12H17NOS/c1-9-5-7-15-12(9)11(13-2)10-4-3-6-14-8-10/h5,7-8,11,13H,3-4,6H2,1-2H3. The lowest BCUT2D eigenvalue weighted by atomic mass is 9.99. The van der Waals surface area contributed by atoms with Gasteiger partial charge in [-0.1, -0.05) is 0 Å². The van der Waals surface area contributed by atoms with E-state index in [2.05, 4.69) is 23.7 Å². The summed E-state index contributed by atoms with van der Waals surface area (Å²) in [5.41, 5.74) is 2.74. The Hall–Kier alpha value is -0.800. The van der Waals surface area contributed by atoms with Crippen LogP contribution in [0.5, 0.6) is 0 Å². The van der Waals surface area contributed by atoms with Crippen LogP contribution in [-0.4, -0.2) is 13.7 Å². The van der Waals surface area contributed by atoms with E-state index in [1.54, 1.807) is 0 Å². The summed E-state index contributed by atoms with van der Waals surface area (Å²) in [6, 6.07) is 2.51. The van der Waals surface area contributed by atoms with Crippen molar-refractivity contribution in [2.45, 2.75) is 25.8 Å². The second-order valence-corrected chi connectivity index (χ2v) is 4.80. The molecular weight excluding hydrogens is 206 g/mol. The minimum Gasteiger partial charge on any atom is -0.501 e. The maximum Gasteiger partial charge on any atom is 0.0876 e. The van der Waals surface area contributed by atoms with Crippen LogP contribution in [0.2, 0.25) is 0 Å². The van der Waals surface area contributed by atoms with Crippen molar-refractivity contribution in [3.05, 3.63) is 33.7 Å². The predicted octanol–water partition coefficient (Wildman–Crippen LogP) is 3.01. The summed E-state index contributed by atoms with van der Waals surface area (Å²) in [5, 5.41) is 5.53. The minimum absolute atomic E-state index is 0.338. The molecule has 82 valence electrons. The molecule has 1 aliphatic rings. The molecule has 0 fully saturated rings. The molecule has 2 rings (SSSR count). The first kappa shape index (κ1) is 10.7. The summed E-state index contributed by atoms with van der Waals surface area (Å²) < 4.78 is 5.41. The molecule has 15 heavy (non-hydrogen) atoms. The molecule has 0 aromatic carbocycles. The van der Waals surface area contributed by atoms with Gasteiger partial charge in [0, 0.05) is 4.88 Å². The summed E-state index contributed by atoms with van der Waals surface area (Å²) >= 11 is 1.82. The molecule has 0 bridgehead atoms. The zero-order valence-corrected chi connectivity index (χ0v) is 10.1. The smallest absolute Gasteiger partial charge is 0.0876 e. The van der Waals surface area contributed by atoms with E-state index in [0.29, 0.717) is 6.04 Å². The zero-order chi connectivity index (χ0) is 10.7. The number of rotatable bonds is 3. The molecule has 1 aliphatic heterocycles. The van der Waals surface area contributed by atoms with Crippen molar-refractivity contribution in [3.63, 3.8) is 0 Å². The molecule has 1 atom stereocenters. The van der Waals surface area contributed by atoms with Crippen LogP contribution in [0, 0.1) is 6.92 Å². The Morgan fingerprint density at radius 1 is 1.53 bits per heavy atom. The quantitative estimate of drug-likeness (QED) is 0.850. The molecule has 0 saturated heterocycles. The number of aryl methyl sites for hydroxylation is 1. The number of ether oxygens (including phenoxy) is 1. The summed E-state index contributed by atoms with van der Waals surface area (Å²) in [6.07, 6.45) is 4.21. The third-order valence-corrected chi connectivity index (χ3v) is 3.87. The van der Waals surface area contributed by atoms with E-state index in [4.69, 9.17) is 4.74 Å². The molecule has 0 spiro atoms. The van der Waals surface area contributed by atoms with Crippen LogP contribution < -0.4 is 5.32 Å². The Labute approximate surface area is 95.0 Å². The van der Waals surface area contributed by atoms with Gasteiger partial charge in [-0.2, -0.15) is 0 Å². The van der Waals surface area contributed by atoms with Crippen LogP contribution >= 0.6 is 11.3 Å². The third kappa shape index (κ3) is 2.24. The fourth-order valence-corrected chi connectivity index (χ4v) is 3.04. The van der Waals surface area contributed by atoms with E-state index in [1.165, 1.54) is 16.0 Å². The average Bonchev–Trinajstić information content (AvgIpc) is 2.68. The first-order valence-corrected chi connectivity index (χ1v) is 6.22. The molecule has 0 radical (unpaired) electrons. The van der Waals surface area contributed by atoms with Gasteiger partial charge in [0.25, 0.3) is 0 Å². The number of hydrogen-bond acceptors (Lipinski definition) is 3. The van der Waals surface area contributed by atoms with Crippen molar-refractivity contribution in [2.24, 2.45) is 0 Å². The van der Waals surface area contributed by atoms with Crippen molar-refractivity contribution >= 4 is 11.3 Å². The number of hydrogen-bond donors (Lipinski definition) is 1. The molecule has 3 heteroatoms. The van der Waals surface area contributed by atoms with E-state index in [1.807, 2.05) is 24.6 Å². The van der Waals surface area contributed by atoms with Gasteiger partial charge < -0.3 is 10.1 Å². The molecule has 2 nitrogen and oxygen atoms in total. The maximum absolute atomic E-state index is 5.41. The predicted molar refractivity (Wildman–Crippen MR) is 64.1 cm³/mol. The molecule has 1 aromatic heterocycles. The summed E-state index contributed by atoms with van der Waals surface area (Å²) in [5.74, 6) is 0. The van der Waals surface area contributed by atoms with Gasteiger partial charge in [0.15, 0.2) is 0 Å². The van der Waals surface area contributed by atoms with Crippen LogP contribution in [0.4, 0.5) is 0 Å². The molecular formula is C12H17NOS. The molecule has 2 heterocycles. The molecule has 0 aliphatic carbocycles. The van der Waals surface area contributed by atoms with E-state index in [-0.39, 0.29) is 0 Å². The summed E-state index contributed by atoms with van der Waals surface area (Å²) in [4.78, 5) is 1.41. The van der Waals surface area contributed by atoms with Crippen LogP contribution in [0.25, 0.3) is 0 Å². The SMILES string of the molecule is CNC(C1=COCCC1)c1sccc1C. The van der Waals surface area contributed by atoms with Gasteiger partial charge in [-0.05, 0) is 49.4 Å². The van der Waals surface area contributed by atoms with E-state index in [9.17, 15) is 0 Å². The number of nitrogens with one attached hydrogen (secondary N) is 1. The first-order chi connectivity index (χ1) is 7.33. The maximum atomic E-state index is 5.41. The van der Waals surface area contributed by atoms with Crippen LogP contribution in [0.3, 0.4) is 0 Å². The lowest BCUT2D eigenvalue weighted by Gasteiger charge is -2.22. The fraction of sp³-hybridized carbons (Fsp3) is 0.500. The van der Waals surface area contributed by atoms with Crippen LogP contribution in [0.15, 0.2) is 23.3 Å². The van der Waals surface area contributed by atoms with Gasteiger partial charge in [0.05, 0.1) is 18.9 Å². The Morgan fingerprint density at radius 3 is 2.93 bits per heavy atom. The second kappa shape index (κ2) is 4.81. The fourth-order valence-electron chi connectivity index (χ4n) is 1.96. The van der Waals surface area contributed by atoms with Gasteiger partial charge in [-0.25, -0.2) is 0 Å². The largest absolute Gasteiger partial charge is 0.501 e. The molecule has 1 aromatic rings. The van der Waals surface area contributed by atoms with E-state index in [0.717, 1.165) is 19.4 Å². The Bertz CT molecular complexity index is 356. The molecule has 1 unspecified atom stereocenters. The van der Waals surface area contributed by atoms with Gasteiger partial charge in [-0.15, -0.1) is 11.3 Å². The highest BCUT2D eigenvalue weighted by atomic mass is 32.1. The summed E-state index contributed by atoms with van der Waals surface area (Å²) in [6.45, 7) is 3.03. The average molecular weight is 223 g/mol. The highest BCUT2D eigenvalue weighted by Crippen LogP contribution is 2.32. The molecule has 0 amide bonds. The normalized spacial score (nSPS) is 18.1. The number of likely N-dealkylation sites (N-methyl/N-ethyl adjacent to an activating group) is 1. The highest BCUT2D eigenvalue weighted by Gasteiger charge is 2.19. The van der Waals surface area contributed by atoms with Crippen molar-refractivity contribution in [2.75, 3.05) is 13.7 Å². The van der Waals surface area contributed by atoms with E-state index < -0.39 is 0 Å². The van der Waals surface area contributed by atoms with Crippen molar-refractivity contribution in [1.29, 1.82) is 0 Å². The van der Waals surface area contributed by atoms with Gasteiger partial charge in [0.1, 0.15) is 0 Å². The van der Waals surface area contributed by atoms with Gasteiger partial charge in [-0.3, -0.25) is 0 Å². The monoisotopic (exact) mass is 223 g/mol. The van der Waals surface area contributed by atoms with Crippen molar-refractivity contribution < 1.29 is 4.74 Å².